The van der Waals surface area contributed by atoms with E-state index in [9.17, 15) is 4.79 Å². The van der Waals surface area contributed by atoms with Crippen LogP contribution < -0.4 is 0 Å². The second kappa shape index (κ2) is 8.78. The van der Waals surface area contributed by atoms with Crippen molar-refractivity contribution in [3.63, 3.8) is 0 Å². The Kier molecular flexibility index (Phi) is 8.60. The number of carbonyl (C=O) groups excluding carboxylic acids is 1. The lowest BCUT2D eigenvalue weighted by molar-refractivity contribution is -0.125. The van der Waals surface area contributed by atoms with Crippen molar-refractivity contribution in [3.05, 3.63) is 0 Å². The first-order valence-electron chi connectivity index (χ1n) is 7.01. The summed E-state index contributed by atoms with van der Waals surface area (Å²) in [6.07, 6.45) is 11.8. The van der Waals surface area contributed by atoms with Gasteiger partial charge in [0.05, 0.1) is 0 Å². The Balaban J connectivity index is 3.30. The summed E-state index contributed by atoms with van der Waals surface area (Å²) in [5, 5.41) is 0. The number of Topliss-reactive ketones (excluding diaryl/α,β-unsaturated/α-hetero) is 1. The quantitative estimate of drug-likeness (QED) is 0.472. The molecule has 0 atom stereocenters. The number of hydrogen-bond donors (Lipinski definition) is 0. The standard InChI is InChI=1S/C15H30O/c1-5-6-7-8-9-10-11-12-13-15(3,4)14(2)16/h5-13H2,1-4H3. The molecule has 0 saturated carbocycles. The number of hydrogen-bond acceptors (Lipinski definition) is 1. The molecule has 0 heterocycles. The van der Waals surface area contributed by atoms with E-state index in [1.165, 1.54) is 51.4 Å². The molecule has 0 fully saturated rings. The second-order valence-electron chi connectivity index (χ2n) is 5.66. The van der Waals surface area contributed by atoms with Crippen molar-refractivity contribution in [1.29, 1.82) is 0 Å². The summed E-state index contributed by atoms with van der Waals surface area (Å²) < 4.78 is 0. The fourth-order valence-electron chi connectivity index (χ4n) is 1.88. The van der Waals surface area contributed by atoms with Crippen molar-refractivity contribution >= 4 is 5.78 Å². The van der Waals surface area contributed by atoms with E-state index < -0.39 is 0 Å². The van der Waals surface area contributed by atoms with Gasteiger partial charge in [-0.1, -0.05) is 72.1 Å². The van der Waals surface area contributed by atoms with Gasteiger partial charge in [-0.25, -0.2) is 0 Å². The van der Waals surface area contributed by atoms with E-state index in [4.69, 9.17) is 0 Å². The predicted octanol–water partition coefficient (Wildman–Crippen LogP) is 5.13. The van der Waals surface area contributed by atoms with E-state index in [0.29, 0.717) is 5.78 Å². The molecule has 0 aromatic carbocycles. The third kappa shape index (κ3) is 7.90. The highest BCUT2D eigenvalue weighted by molar-refractivity contribution is 5.81. The summed E-state index contributed by atoms with van der Waals surface area (Å²) in [5.74, 6) is 0.329. The first-order chi connectivity index (χ1) is 7.50. The highest BCUT2D eigenvalue weighted by Crippen LogP contribution is 2.25. The average Bonchev–Trinajstić information content (AvgIpc) is 2.21. The molecular weight excluding hydrogens is 196 g/mol. The molecule has 0 amide bonds. The Hall–Kier alpha value is -0.330. The molecule has 0 N–H and O–H groups in total. The summed E-state index contributed by atoms with van der Waals surface area (Å²) in [6.45, 7) is 8.10. The number of carbonyl (C=O) groups is 1. The van der Waals surface area contributed by atoms with Gasteiger partial charge in [-0.3, -0.25) is 4.79 Å². The third-order valence-corrected chi connectivity index (χ3v) is 3.61. The zero-order chi connectivity index (χ0) is 12.4. The molecule has 0 aliphatic carbocycles. The third-order valence-electron chi connectivity index (χ3n) is 3.61. The number of rotatable bonds is 10. The molecule has 1 nitrogen and oxygen atoms in total. The molecule has 0 rings (SSSR count). The Morgan fingerprint density at radius 3 is 1.75 bits per heavy atom. The smallest absolute Gasteiger partial charge is 0.135 e. The van der Waals surface area contributed by atoms with E-state index in [-0.39, 0.29) is 5.41 Å². The van der Waals surface area contributed by atoms with E-state index in [1.807, 2.05) is 0 Å². The molecule has 0 radical (unpaired) electrons. The molecule has 16 heavy (non-hydrogen) atoms. The summed E-state index contributed by atoms with van der Waals surface area (Å²) in [4.78, 5) is 11.3. The summed E-state index contributed by atoms with van der Waals surface area (Å²) in [5.41, 5.74) is -0.0950. The first-order valence-corrected chi connectivity index (χ1v) is 7.01. The van der Waals surface area contributed by atoms with Gasteiger partial charge in [-0.2, -0.15) is 0 Å². The Morgan fingerprint density at radius 1 is 0.875 bits per heavy atom. The van der Waals surface area contributed by atoms with Gasteiger partial charge in [0, 0.05) is 5.41 Å². The lowest BCUT2D eigenvalue weighted by Gasteiger charge is -2.20. The van der Waals surface area contributed by atoms with Crippen LogP contribution in [0.15, 0.2) is 0 Å². The minimum Gasteiger partial charge on any atom is -0.299 e. The minimum atomic E-state index is -0.0950. The maximum absolute atomic E-state index is 11.3. The van der Waals surface area contributed by atoms with Gasteiger partial charge in [0.2, 0.25) is 0 Å². The summed E-state index contributed by atoms with van der Waals surface area (Å²) in [6, 6.07) is 0. The van der Waals surface area contributed by atoms with Crippen LogP contribution in [0.3, 0.4) is 0 Å². The molecule has 0 spiro atoms. The van der Waals surface area contributed by atoms with Crippen LogP contribution in [0.4, 0.5) is 0 Å². The molecule has 96 valence electrons. The summed E-state index contributed by atoms with van der Waals surface area (Å²) in [7, 11) is 0. The maximum Gasteiger partial charge on any atom is 0.135 e. The van der Waals surface area contributed by atoms with Gasteiger partial charge in [0.1, 0.15) is 5.78 Å². The highest BCUT2D eigenvalue weighted by Gasteiger charge is 2.22. The average molecular weight is 226 g/mol. The van der Waals surface area contributed by atoms with Crippen LogP contribution in [0.25, 0.3) is 0 Å². The van der Waals surface area contributed by atoms with Crippen LogP contribution in [0.2, 0.25) is 0 Å². The van der Waals surface area contributed by atoms with Gasteiger partial charge < -0.3 is 0 Å². The van der Waals surface area contributed by atoms with Gasteiger partial charge in [-0.05, 0) is 13.3 Å². The maximum atomic E-state index is 11.3. The van der Waals surface area contributed by atoms with Gasteiger partial charge in [0.15, 0.2) is 0 Å². The largest absolute Gasteiger partial charge is 0.299 e. The molecule has 0 aromatic heterocycles. The van der Waals surface area contributed by atoms with Crippen molar-refractivity contribution in [2.75, 3.05) is 0 Å². The molecule has 0 aliphatic heterocycles. The van der Waals surface area contributed by atoms with Gasteiger partial charge in [0.25, 0.3) is 0 Å². The Bertz CT molecular complexity index is 182. The molecular formula is C15H30O. The van der Waals surface area contributed by atoms with Crippen LogP contribution in [0.1, 0.15) is 85.5 Å². The molecule has 0 bridgehead atoms. The molecule has 0 aromatic rings. The molecule has 1 heteroatoms. The van der Waals surface area contributed by atoms with Crippen molar-refractivity contribution in [3.8, 4) is 0 Å². The van der Waals surface area contributed by atoms with Crippen molar-refractivity contribution < 1.29 is 4.79 Å². The van der Waals surface area contributed by atoms with Crippen LogP contribution in [-0.4, -0.2) is 5.78 Å². The molecule has 0 saturated heterocycles. The second-order valence-corrected chi connectivity index (χ2v) is 5.66. The lowest BCUT2D eigenvalue weighted by atomic mass is 9.83. The molecule has 0 unspecified atom stereocenters. The van der Waals surface area contributed by atoms with Gasteiger partial charge in [-0.15, -0.1) is 0 Å². The van der Waals surface area contributed by atoms with E-state index in [0.717, 1.165) is 6.42 Å². The predicted molar refractivity (Wildman–Crippen MR) is 71.7 cm³/mol. The monoisotopic (exact) mass is 226 g/mol. The normalized spacial score (nSPS) is 11.8. The Labute approximate surface area is 102 Å². The van der Waals surface area contributed by atoms with Crippen LogP contribution in [0, 0.1) is 5.41 Å². The van der Waals surface area contributed by atoms with E-state index in [1.54, 1.807) is 6.92 Å². The van der Waals surface area contributed by atoms with Crippen LogP contribution in [-0.2, 0) is 4.79 Å². The van der Waals surface area contributed by atoms with E-state index in [2.05, 4.69) is 20.8 Å². The number of unbranched alkanes of at least 4 members (excludes halogenated alkanes) is 7. The van der Waals surface area contributed by atoms with Crippen molar-refractivity contribution in [2.45, 2.75) is 85.5 Å². The Morgan fingerprint density at radius 2 is 1.31 bits per heavy atom. The zero-order valence-electron chi connectivity index (χ0n) is 11.8. The van der Waals surface area contributed by atoms with Crippen LogP contribution in [0.5, 0.6) is 0 Å². The summed E-state index contributed by atoms with van der Waals surface area (Å²) >= 11 is 0. The van der Waals surface area contributed by atoms with Crippen LogP contribution >= 0.6 is 0 Å². The highest BCUT2D eigenvalue weighted by atomic mass is 16.1. The number of ketones is 1. The lowest BCUT2D eigenvalue weighted by Crippen LogP contribution is -2.20. The minimum absolute atomic E-state index is 0.0950. The van der Waals surface area contributed by atoms with Crippen molar-refractivity contribution in [2.24, 2.45) is 5.41 Å². The fourth-order valence-corrected chi connectivity index (χ4v) is 1.88. The van der Waals surface area contributed by atoms with Crippen molar-refractivity contribution in [1.82, 2.24) is 0 Å². The van der Waals surface area contributed by atoms with E-state index >= 15 is 0 Å². The topological polar surface area (TPSA) is 17.1 Å². The molecule has 0 aliphatic rings. The fraction of sp³-hybridized carbons (Fsp3) is 0.933. The SMILES string of the molecule is CCCCCCCCCCC(C)(C)C(C)=O. The zero-order valence-corrected chi connectivity index (χ0v) is 11.8. The van der Waals surface area contributed by atoms with Gasteiger partial charge >= 0.3 is 0 Å². The first kappa shape index (κ1) is 15.7.